The quantitative estimate of drug-likeness (QED) is 0.704. The molecule has 0 unspecified atom stereocenters. The molecule has 1 saturated carbocycles. The predicted molar refractivity (Wildman–Crippen MR) is 83.6 cm³/mol. The average molecular weight is 267 g/mol. The van der Waals surface area contributed by atoms with Gasteiger partial charge in [0.2, 0.25) is 5.69 Å². The van der Waals surface area contributed by atoms with Gasteiger partial charge in [0.05, 0.1) is 0 Å². The van der Waals surface area contributed by atoms with Crippen LogP contribution in [0.5, 0.6) is 0 Å². The molecule has 1 fully saturated rings. The van der Waals surface area contributed by atoms with Crippen molar-refractivity contribution in [3.05, 3.63) is 53.7 Å². The maximum atomic E-state index is 8.84. The molecule has 1 nitrogen and oxygen atoms in total. The Labute approximate surface area is 123 Å². The molecule has 1 aromatic carbocycles. The highest BCUT2D eigenvalue weighted by atomic mass is 14.9. The van der Waals surface area contributed by atoms with E-state index in [1.54, 1.807) is 0 Å². The highest BCUT2D eigenvalue weighted by Crippen LogP contribution is 2.34. The maximum Gasteiger partial charge on any atom is 0.212 e. The molecular weight excluding hydrogens is 242 g/mol. The number of aromatic nitrogens is 1. The van der Waals surface area contributed by atoms with Crippen LogP contribution in [0, 0.1) is 6.92 Å². The maximum absolute atomic E-state index is 8.84. The van der Waals surface area contributed by atoms with Crippen molar-refractivity contribution in [3.63, 3.8) is 0 Å². The van der Waals surface area contributed by atoms with Crippen molar-refractivity contribution in [1.29, 1.82) is 0 Å². The fraction of sp³-hybridized carbons (Fsp3) is 0.421. The lowest BCUT2D eigenvalue weighted by Crippen LogP contribution is -2.30. The van der Waals surface area contributed by atoms with Gasteiger partial charge in [-0.05, 0) is 48.9 Å². The molecule has 0 saturated heterocycles. The Bertz CT molecular complexity index is 642. The predicted octanol–water partition coefficient (Wildman–Crippen LogP) is 4.53. The zero-order valence-electron chi connectivity index (χ0n) is 13.5. The summed E-state index contributed by atoms with van der Waals surface area (Å²) in [4.78, 5) is 0. The Kier molecular flexibility index (Phi) is 3.51. The number of nitrogens with zero attached hydrogens (tertiary/aromatic N) is 1. The second kappa shape index (κ2) is 5.78. The van der Waals surface area contributed by atoms with E-state index in [1.165, 1.54) is 41.6 Å². The van der Waals surface area contributed by atoms with Crippen molar-refractivity contribution in [1.82, 2.24) is 0 Å². The van der Waals surface area contributed by atoms with Gasteiger partial charge in [-0.2, -0.15) is 0 Å². The second-order valence-electron chi connectivity index (χ2n) is 5.89. The molecule has 1 aliphatic carbocycles. The first-order chi connectivity index (χ1) is 10.1. The first-order valence-electron chi connectivity index (χ1n) is 8.16. The van der Waals surface area contributed by atoms with Crippen molar-refractivity contribution in [2.45, 2.75) is 44.9 Å². The monoisotopic (exact) mass is 267 g/mol. The van der Waals surface area contributed by atoms with E-state index in [0.29, 0.717) is 0 Å². The molecule has 0 bridgehead atoms. The minimum Gasteiger partial charge on any atom is -0.201 e. The van der Waals surface area contributed by atoms with E-state index in [4.69, 9.17) is 1.37 Å². The lowest BCUT2D eigenvalue weighted by Gasteiger charge is -2.22. The standard InChI is InChI=1S/C19H24N/c1-15-11-12-17(16-8-4-3-5-9-16)14-18(15)19-10-6-7-13-20(19)2/h6-7,10-14,16H,3-5,8-9H2,1-2H3/q+1/i16D. The third kappa shape index (κ3) is 2.63. The van der Waals surface area contributed by atoms with Crippen LogP contribution in [0.25, 0.3) is 11.3 Å². The van der Waals surface area contributed by atoms with E-state index in [2.05, 4.69) is 61.1 Å². The largest absolute Gasteiger partial charge is 0.212 e. The van der Waals surface area contributed by atoms with Gasteiger partial charge in [0.15, 0.2) is 6.20 Å². The van der Waals surface area contributed by atoms with Crippen molar-refractivity contribution in [2.75, 3.05) is 0 Å². The molecule has 2 aromatic rings. The van der Waals surface area contributed by atoms with Crippen LogP contribution >= 0.6 is 0 Å². The van der Waals surface area contributed by atoms with Crippen molar-refractivity contribution in [3.8, 4) is 11.3 Å². The summed E-state index contributed by atoms with van der Waals surface area (Å²) >= 11 is 0. The van der Waals surface area contributed by atoms with E-state index >= 15 is 0 Å². The highest BCUT2D eigenvalue weighted by Gasteiger charge is 2.18. The van der Waals surface area contributed by atoms with Crippen LogP contribution in [0.3, 0.4) is 0 Å². The van der Waals surface area contributed by atoms with Crippen LogP contribution in [-0.2, 0) is 7.05 Å². The summed E-state index contributed by atoms with van der Waals surface area (Å²) in [6, 6.07) is 12.9. The average Bonchev–Trinajstić information content (AvgIpc) is 2.49. The Morgan fingerprint density at radius 2 is 1.90 bits per heavy atom. The highest BCUT2D eigenvalue weighted by molar-refractivity contribution is 5.62. The molecule has 0 radical (unpaired) electrons. The molecule has 0 aliphatic heterocycles. The molecule has 1 heterocycles. The van der Waals surface area contributed by atoms with Crippen LogP contribution in [-0.4, -0.2) is 0 Å². The third-order valence-corrected chi connectivity index (χ3v) is 4.43. The zero-order valence-corrected chi connectivity index (χ0v) is 12.5. The molecule has 1 heteroatoms. The van der Waals surface area contributed by atoms with E-state index in [0.717, 1.165) is 12.8 Å². The fourth-order valence-corrected chi connectivity index (χ4v) is 3.19. The summed E-state index contributed by atoms with van der Waals surface area (Å²) in [6.07, 6.45) is 7.73. The first kappa shape index (κ1) is 12.1. The van der Waals surface area contributed by atoms with E-state index in [-0.39, 0.29) is 5.89 Å². The van der Waals surface area contributed by atoms with Gasteiger partial charge in [-0.3, -0.25) is 0 Å². The molecule has 1 aliphatic rings. The summed E-state index contributed by atoms with van der Waals surface area (Å²) in [6.45, 7) is 2.16. The van der Waals surface area contributed by atoms with E-state index < -0.39 is 0 Å². The summed E-state index contributed by atoms with van der Waals surface area (Å²) in [7, 11) is 2.08. The van der Waals surface area contributed by atoms with E-state index in [9.17, 15) is 0 Å². The van der Waals surface area contributed by atoms with Crippen molar-refractivity contribution in [2.24, 2.45) is 7.05 Å². The normalized spacial score (nSPS) is 18.6. The lowest BCUT2D eigenvalue weighted by atomic mass is 9.83. The Hall–Kier alpha value is -1.63. The van der Waals surface area contributed by atoms with Gasteiger partial charge in [-0.15, -0.1) is 0 Å². The number of benzene rings is 1. The van der Waals surface area contributed by atoms with Gasteiger partial charge in [-0.25, -0.2) is 4.57 Å². The van der Waals surface area contributed by atoms with Crippen LogP contribution in [0.2, 0.25) is 0 Å². The Morgan fingerprint density at radius 3 is 2.65 bits per heavy atom. The van der Waals surface area contributed by atoms with Crippen LogP contribution in [0.15, 0.2) is 42.6 Å². The smallest absolute Gasteiger partial charge is 0.201 e. The summed E-state index contributed by atoms with van der Waals surface area (Å²) in [5.74, 6) is -0.381. The second-order valence-corrected chi connectivity index (χ2v) is 5.89. The topological polar surface area (TPSA) is 3.88 Å². The third-order valence-electron chi connectivity index (χ3n) is 4.43. The van der Waals surface area contributed by atoms with Gasteiger partial charge in [-0.1, -0.05) is 31.4 Å². The minimum atomic E-state index is -0.381. The van der Waals surface area contributed by atoms with Gasteiger partial charge >= 0.3 is 0 Å². The SMILES string of the molecule is [2H]C1(c2ccc(C)c(-c3cccc[n+]3C)c2)CCCCC1. The van der Waals surface area contributed by atoms with Crippen LogP contribution < -0.4 is 4.57 Å². The number of pyridine rings is 1. The number of hydrogen-bond donors (Lipinski definition) is 0. The number of hydrogen-bond acceptors (Lipinski definition) is 0. The van der Waals surface area contributed by atoms with Crippen LogP contribution in [0.4, 0.5) is 0 Å². The summed E-state index contributed by atoms with van der Waals surface area (Å²) in [5.41, 5.74) is 4.94. The van der Waals surface area contributed by atoms with Crippen LogP contribution in [0.1, 0.15) is 50.5 Å². The molecule has 0 amide bonds. The Morgan fingerprint density at radius 1 is 1.10 bits per heavy atom. The van der Waals surface area contributed by atoms with E-state index in [1.807, 2.05) is 0 Å². The molecule has 3 rings (SSSR count). The van der Waals surface area contributed by atoms with Gasteiger partial charge in [0.25, 0.3) is 0 Å². The van der Waals surface area contributed by atoms with Gasteiger partial charge in [0.1, 0.15) is 7.05 Å². The summed E-state index contributed by atoms with van der Waals surface area (Å²) < 4.78 is 11.0. The molecule has 0 spiro atoms. The zero-order chi connectivity index (χ0) is 14.9. The number of aryl methyl sites for hydroxylation is 2. The number of rotatable bonds is 2. The minimum absolute atomic E-state index is 0.381. The van der Waals surface area contributed by atoms with Gasteiger partial charge in [0, 0.05) is 19.1 Å². The van der Waals surface area contributed by atoms with Crippen molar-refractivity contribution < 1.29 is 5.94 Å². The molecule has 104 valence electrons. The first-order valence-corrected chi connectivity index (χ1v) is 7.66. The molecular formula is C19H24N+. The Balaban J connectivity index is 2.06. The van der Waals surface area contributed by atoms with Crippen molar-refractivity contribution >= 4 is 0 Å². The molecule has 0 atom stereocenters. The summed E-state index contributed by atoms with van der Waals surface area (Å²) in [5, 5.41) is 0. The lowest BCUT2D eigenvalue weighted by molar-refractivity contribution is -0.660. The molecule has 20 heavy (non-hydrogen) atoms. The molecule has 0 N–H and O–H groups in total. The fourth-order valence-electron chi connectivity index (χ4n) is 3.19. The van der Waals surface area contributed by atoms with Gasteiger partial charge < -0.3 is 0 Å². The molecule has 1 aromatic heterocycles.